The first kappa shape index (κ1) is 22.3. The Kier molecular flexibility index (Phi) is 9.73. The Labute approximate surface area is 160 Å². The predicted molar refractivity (Wildman–Crippen MR) is 108 cm³/mol. The lowest BCUT2D eigenvalue weighted by Crippen LogP contribution is -2.57. The molecule has 0 saturated carbocycles. The van der Waals surface area contributed by atoms with Crippen LogP contribution in [0, 0.1) is 11.8 Å². The summed E-state index contributed by atoms with van der Waals surface area (Å²) in [6, 6.07) is 0.147. The minimum Gasteiger partial charge on any atom is -0.473 e. The Morgan fingerprint density at radius 1 is 1.00 bits per heavy atom. The minimum atomic E-state index is -0.882. The van der Waals surface area contributed by atoms with E-state index in [2.05, 4.69) is 32.6 Å². The molecule has 0 aromatic heterocycles. The first-order valence-corrected chi connectivity index (χ1v) is 12.5. The molecule has 5 nitrogen and oxygen atoms in total. The van der Waals surface area contributed by atoms with Crippen molar-refractivity contribution in [3.05, 3.63) is 0 Å². The van der Waals surface area contributed by atoms with Crippen molar-refractivity contribution in [1.82, 2.24) is 4.90 Å². The zero-order chi connectivity index (χ0) is 18.3. The van der Waals surface area contributed by atoms with E-state index in [0.29, 0.717) is 5.75 Å². The van der Waals surface area contributed by atoms with Crippen molar-refractivity contribution in [2.24, 2.45) is 11.8 Å². The van der Waals surface area contributed by atoms with Crippen LogP contribution in [-0.2, 0) is 0 Å². The standard InChI is InChI=1S/C15H27NO4S4/c1-10(2)15(11(3)4,24-23-14(19)20)12(9-21-22-13(17)18)16-7-5-6-8-16/h10-12H,5-9H2,1-4H3,(H,17,18)(H,19,20). The third-order valence-electron chi connectivity index (χ3n) is 4.52. The molecule has 9 heteroatoms. The monoisotopic (exact) mass is 413 g/mol. The molecule has 1 aliphatic rings. The lowest BCUT2D eigenvalue weighted by atomic mass is 9.78. The molecular weight excluding hydrogens is 386 g/mol. The van der Waals surface area contributed by atoms with Gasteiger partial charge in [0.15, 0.2) is 0 Å². The third-order valence-corrected chi connectivity index (χ3v) is 9.70. The zero-order valence-corrected chi connectivity index (χ0v) is 17.8. The molecule has 1 unspecified atom stereocenters. The molecule has 0 amide bonds. The summed E-state index contributed by atoms with van der Waals surface area (Å²) in [7, 11) is 4.56. The number of carboxylic acid groups (broad SMARTS) is 2. The summed E-state index contributed by atoms with van der Waals surface area (Å²) in [4.78, 5) is 24.5. The highest BCUT2D eigenvalue weighted by molar-refractivity contribution is 8.82. The molecule has 0 radical (unpaired) electrons. The van der Waals surface area contributed by atoms with Crippen LogP contribution in [0.2, 0.25) is 0 Å². The molecule has 1 aliphatic heterocycles. The second kappa shape index (κ2) is 10.4. The quantitative estimate of drug-likeness (QED) is 0.468. The van der Waals surface area contributed by atoms with E-state index in [1.807, 2.05) is 0 Å². The smallest absolute Gasteiger partial charge is 0.375 e. The fourth-order valence-electron chi connectivity index (χ4n) is 3.52. The van der Waals surface area contributed by atoms with Crippen LogP contribution in [0.4, 0.5) is 9.59 Å². The Morgan fingerprint density at radius 2 is 1.50 bits per heavy atom. The Balaban J connectivity index is 3.10. The molecule has 24 heavy (non-hydrogen) atoms. The molecule has 0 aliphatic carbocycles. The van der Waals surface area contributed by atoms with E-state index in [0.717, 1.165) is 47.5 Å². The van der Waals surface area contributed by atoms with Crippen molar-refractivity contribution in [2.45, 2.75) is 51.3 Å². The van der Waals surface area contributed by atoms with Crippen LogP contribution in [0.15, 0.2) is 0 Å². The van der Waals surface area contributed by atoms with E-state index in [4.69, 9.17) is 5.11 Å². The zero-order valence-electron chi connectivity index (χ0n) is 14.6. The van der Waals surface area contributed by atoms with Crippen LogP contribution in [0.5, 0.6) is 0 Å². The lowest BCUT2D eigenvalue weighted by Gasteiger charge is -2.49. The van der Waals surface area contributed by atoms with Gasteiger partial charge in [-0.25, -0.2) is 9.59 Å². The van der Waals surface area contributed by atoms with E-state index in [9.17, 15) is 14.7 Å². The van der Waals surface area contributed by atoms with Gasteiger partial charge in [-0.15, -0.1) is 0 Å². The molecule has 1 rings (SSSR count). The number of rotatable bonds is 9. The molecule has 1 atom stereocenters. The number of carbonyl (C=O) groups is 2. The summed E-state index contributed by atoms with van der Waals surface area (Å²) in [5.41, 5.74) is 0. The van der Waals surface area contributed by atoms with E-state index < -0.39 is 10.6 Å². The molecular formula is C15H27NO4S4. The predicted octanol–water partition coefficient (Wildman–Crippen LogP) is 5.62. The van der Waals surface area contributed by atoms with E-state index >= 15 is 0 Å². The molecule has 0 spiro atoms. The van der Waals surface area contributed by atoms with Gasteiger partial charge < -0.3 is 10.2 Å². The van der Waals surface area contributed by atoms with Crippen LogP contribution in [0.3, 0.4) is 0 Å². The number of likely N-dealkylation sites (tertiary alicyclic amines) is 1. The first-order chi connectivity index (χ1) is 11.2. The minimum absolute atomic E-state index is 0.147. The van der Waals surface area contributed by atoms with Crippen LogP contribution in [0.25, 0.3) is 0 Å². The summed E-state index contributed by atoms with van der Waals surface area (Å²) in [6.45, 7) is 10.6. The summed E-state index contributed by atoms with van der Waals surface area (Å²) >= 11 is 0. The maximum Gasteiger partial charge on any atom is 0.375 e. The van der Waals surface area contributed by atoms with Gasteiger partial charge in [0.05, 0.1) is 0 Å². The van der Waals surface area contributed by atoms with Crippen molar-refractivity contribution >= 4 is 53.8 Å². The van der Waals surface area contributed by atoms with E-state index in [1.165, 1.54) is 21.6 Å². The number of hydrogen-bond donors (Lipinski definition) is 2. The van der Waals surface area contributed by atoms with Gasteiger partial charge in [-0.1, -0.05) is 49.3 Å². The second-order valence-electron chi connectivity index (χ2n) is 6.49. The highest BCUT2D eigenvalue weighted by atomic mass is 33.1. The van der Waals surface area contributed by atoms with Gasteiger partial charge >= 0.3 is 10.6 Å². The van der Waals surface area contributed by atoms with Gasteiger partial charge in [0.1, 0.15) is 0 Å². The van der Waals surface area contributed by atoms with Crippen LogP contribution < -0.4 is 0 Å². The Bertz CT molecular complexity index is 420. The molecule has 2 N–H and O–H groups in total. The Morgan fingerprint density at radius 3 is 1.92 bits per heavy atom. The summed E-state index contributed by atoms with van der Waals surface area (Å²) in [5, 5.41) is 16.3. The summed E-state index contributed by atoms with van der Waals surface area (Å²) in [5.74, 6) is 1.23. The van der Waals surface area contributed by atoms with Gasteiger partial charge in [-0.05, 0) is 37.8 Å². The van der Waals surface area contributed by atoms with Crippen molar-refractivity contribution < 1.29 is 19.8 Å². The molecule has 1 saturated heterocycles. The summed E-state index contributed by atoms with van der Waals surface area (Å²) < 4.78 is -0.251. The van der Waals surface area contributed by atoms with Gasteiger partial charge in [-0.2, -0.15) is 0 Å². The fourth-order valence-corrected chi connectivity index (χ4v) is 8.38. The van der Waals surface area contributed by atoms with Gasteiger partial charge in [-0.3, -0.25) is 4.90 Å². The molecule has 1 heterocycles. The molecule has 140 valence electrons. The summed E-state index contributed by atoms with van der Waals surface area (Å²) in [6.07, 6.45) is 2.30. The average molecular weight is 414 g/mol. The highest BCUT2D eigenvalue weighted by Gasteiger charge is 2.48. The molecule has 1 fully saturated rings. The van der Waals surface area contributed by atoms with E-state index in [-0.39, 0.29) is 22.6 Å². The van der Waals surface area contributed by atoms with Gasteiger partial charge in [0.25, 0.3) is 0 Å². The molecule has 0 aromatic rings. The Hall–Kier alpha value is 0.300. The van der Waals surface area contributed by atoms with Crippen molar-refractivity contribution in [3.63, 3.8) is 0 Å². The van der Waals surface area contributed by atoms with Gasteiger partial charge in [0.2, 0.25) is 0 Å². The topological polar surface area (TPSA) is 77.8 Å². The van der Waals surface area contributed by atoms with Crippen LogP contribution in [-0.4, -0.2) is 55.3 Å². The SMILES string of the molecule is CC(C)C(SSC(=O)O)(C(C)C)C(CSSC(=O)O)N1CCCC1. The third kappa shape index (κ3) is 5.93. The molecule has 0 bridgehead atoms. The van der Waals surface area contributed by atoms with Gasteiger partial charge in [0, 0.05) is 38.1 Å². The normalized spacial score (nSPS) is 17.6. The lowest BCUT2D eigenvalue weighted by molar-refractivity contribution is 0.152. The van der Waals surface area contributed by atoms with Crippen molar-refractivity contribution in [2.75, 3.05) is 18.8 Å². The van der Waals surface area contributed by atoms with Crippen LogP contribution >= 0.6 is 43.2 Å². The van der Waals surface area contributed by atoms with Crippen molar-refractivity contribution in [1.29, 1.82) is 0 Å². The van der Waals surface area contributed by atoms with Crippen LogP contribution in [0.1, 0.15) is 40.5 Å². The highest BCUT2D eigenvalue weighted by Crippen LogP contribution is 2.51. The van der Waals surface area contributed by atoms with E-state index in [1.54, 1.807) is 0 Å². The number of hydrogen-bond acceptors (Lipinski definition) is 7. The first-order valence-electron chi connectivity index (χ1n) is 8.06. The fraction of sp³-hybridized carbons (Fsp3) is 0.867. The average Bonchev–Trinajstić information content (AvgIpc) is 2.98. The second-order valence-corrected chi connectivity index (χ2v) is 11.2. The maximum absolute atomic E-state index is 11.2. The number of nitrogens with zero attached hydrogens (tertiary/aromatic N) is 1. The maximum atomic E-state index is 11.2. The van der Waals surface area contributed by atoms with Crippen molar-refractivity contribution in [3.8, 4) is 0 Å². The molecule has 0 aromatic carbocycles. The largest absolute Gasteiger partial charge is 0.473 e.